The fourth-order valence-corrected chi connectivity index (χ4v) is 2.08. The first-order valence-corrected chi connectivity index (χ1v) is 6.69. The van der Waals surface area contributed by atoms with Crippen LogP contribution in [0.3, 0.4) is 0 Å². The van der Waals surface area contributed by atoms with E-state index in [9.17, 15) is 9.59 Å². The van der Waals surface area contributed by atoms with E-state index in [1.165, 1.54) is 0 Å². The average Bonchev–Trinajstić information content (AvgIpc) is 2.33. The van der Waals surface area contributed by atoms with E-state index in [1.807, 2.05) is 32.0 Å². The Bertz CT molecular complexity index is 505. The highest BCUT2D eigenvalue weighted by Gasteiger charge is 2.18. The van der Waals surface area contributed by atoms with Gasteiger partial charge in [-0.25, -0.2) is 0 Å². The topological polar surface area (TPSA) is 42.3 Å². The number of nitrogens with zero attached hydrogens (tertiary/aromatic N) is 2. The fourth-order valence-electron chi connectivity index (χ4n) is 2.08. The van der Waals surface area contributed by atoms with Crippen molar-refractivity contribution < 1.29 is 4.79 Å². The van der Waals surface area contributed by atoms with Crippen molar-refractivity contribution in [2.24, 2.45) is 13.0 Å². The summed E-state index contributed by atoms with van der Waals surface area (Å²) in [6.07, 6.45) is 3.67. The van der Waals surface area contributed by atoms with Gasteiger partial charge in [0.15, 0.2) is 0 Å². The minimum absolute atomic E-state index is 0.0584. The van der Waals surface area contributed by atoms with E-state index in [-0.39, 0.29) is 5.56 Å². The smallest absolute Gasteiger partial charge is 0.250 e. The average molecular weight is 264 g/mol. The quantitative estimate of drug-likeness (QED) is 0.718. The Labute approximate surface area is 115 Å². The van der Waals surface area contributed by atoms with Gasteiger partial charge >= 0.3 is 0 Å². The molecule has 19 heavy (non-hydrogen) atoms. The van der Waals surface area contributed by atoms with Gasteiger partial charge in [0.2, 0.25) is 5.91 Å². The lowest BCUT2D eigenvalue weighted by Crippen LogP contribution is -2.35. The van der Waals surface area contributed by atoms with Gasteiger partial charge in [0.05, 0.1) is 0 Å². The summed E-state index contributed by atoms with van der Waals surface area (Å²) in [6, 6.07) is 1.65. The number of hydrogen-bond acceptors (Lipinski definition) is 2. The van der Waals surface area contributed by atoms with Gasteiger partial charge in [-0.1, -0.05) is 6.92 Å². The highest BCUT2D eigenvalue weighted by atomic mass is 16.2. The number of rotatable bonds is 0. The van der Waals surface area contributed by atoms with E-state index in [2.05, 4.69) is 6.92 Å². The third-order valence-electron chi connectivity index (χ3n) is 3.56. The highest BCUT2D eigenvalue weighted by Crippen LogP contribution is 2.14. The van der Waals surface area contributed by atoms with Crippen LogP contribution in [0.15, 0.2) is 17.1 Å². The van der Waals surface area contributed by atoms with Crippen LogP contribution in [-0.2, 0) is 11.8 Å². The molecule has 1 aliphatic heterocycles. The Morgan fingerprint density at radius 1 is 1.16 bits per heavy atom. The summed E-state index contributed by atoms with van der Waals surface area (Å²) in [6.45, 7) is 7.06. The molecule has 1 amide bonds. The third-order valence-corrected chi connectivity index (χ3v) is 3.56. The Morgan fingerprint density at radius 3 is 2.26 bits per heavy atom. The van der Waals surface area contributed by atoms with Crippen molar-refractivity contribution in [3.63, 3.8) is 0 Å². The van der Waals surface area contributed by atoms with Gasteiger partial charge in [-0.05, 0) is 37.3 Å². The number of aromatic nitrogens is 1. The molecule has 0 saturated carbocycles. The Hall–Kier alpha value is -1.58. The molecule has 0 N–H and O–H groups in total. The van der Waals surface area contributed by atoms with Crippen LogP contribution in [-0.4, -0.2) is 29.0 Å². The van der Waals surface area contributed by atoms with Crippen LogP contribution in [0.2, 0.25) is 0 Å². The molecule has 0 bridgehead atoms. The Balaban J connectivity index is 0.000000191. The molecule has 1 atom stereocenters. The molecule has 0 aliphatic carbocycles. The monoisotopic (exact) mass is 264 g/mol. The number of aryl methyl sites for hydroxylation is 3. The predicted molar refractivity (Wildman–Crippen MR) is 77.2 cm³/mol. The van der Waals surface area contributed by atoms with E-state index in [1.54, 1.807) is 17.7 Å². The minimum Gasteiger partial charge on any atom is -0.345 e. The largest absolute Gasteiger partial charge is 0.345 e. The molecule has 106 valence electrons. The lowest BCUT2D eigenvalue weighted by molar-refractivity contribution is -0.132. The highest BCUT2D eigenvalue weighted by molar-refractivity contribution is 5.76. The second-order valence-electron chi connectivity index (χ2n) is 5.51. The first kappa shape index (κ1) is 15.5. The lowest BCUT2D eigenvalue weighted by atomic mass is 10.0. The number of pyridine rings is 1. The molecule has 1 aliphatic rings. The molecular weight excluding hydrogens is 240 g/mol. The zero-order chi connectivity index (χ0) is 14.6. The van der Waals surface area contributed by atoms with Crippen LogP contribution in [0.25, 0.3) is 0 Å². The summed E-state index contributed by atoms with van der Waals surface area (Å²) >= 11 is 0. The van der Waals surface area contributed by atoms with Crippen molar-refractivity contribution in [2.45, 2.75) is 33.6 Å². The van der Waals surface area contributed by atoms with Gasteiger partial charge in [0, 0.05) is 39.3 Å². The van der Waals surface area contributed by atoms with Crippen LogP contribution >= 0.6 is 0 Å². The van der Waals surface area contributed by atoms with Crippen molar-refractivity contribution in [1.29, 1.82) is 0 Å². The first-order valence-electron chi connectivity index (χ1n) is 6.69. The number of amides is 1. The number of carbonyl (C=O) groups is 1. The van der Waals surface area contributed by atoms with Crippen molar-refractivity contribution in [3.8, 4) is 0 Å². The van der Waals surface area contributed by atoms with E-state index in [0.29, 0.717) is 11.8 Å². The van der Waals surface area contributed by atoms with Crippen LogP contribution in [0.5, 0.6) is 0 Å². The molecule has 1 fully saturated rings. The van der Waals surface area contributed by atoms with Crippen molar-refractivity contribution in [3.05, 3.63) is 33.7 Å². The molecule has 0 spiro atoms. The van der Waals surface area contributed by atoms with Gasteiger partial charge < -0.3 is 9.47 Å². The van der Waals surface area contributed by atoms with Gasteiger partial charge in [0.25, 0.3) is 5.56 Å². The fraction of sp³-hybridized carbons (Fsp3) is 0.600. The molecule has 0 radical (unpaired) electrons. The van der Waals surface area contributed by atoms with Crippen LogP contribution in [0.4, 0.5) is 0 Å². The standard InChI is InChI=1S/C8H11NO.C7H13NO/c1-6-4-8(10)9(3)5-7(6)2;1-6-3-4-7(9)8(2)5-6/h4-5H,1-3H3;6H,3-5H2,1-2H3. The number of likely N-dealkylation sites (tertiary alicyclic amines) is 1. The van der Waals surface area contributed by atoms with Crippen molar-refractivity contribution >= 4 is 5.91 Å². The molecule has 1 aromatic rings. The van der Waals surface area contributed by atoms with E-state index in [4.69, 9.17) is 0 Å². The number of piperidine rings is 1. The molecular formula is C15H24N2O2. The van der Waals surface area contributed by atoms with Crippen LogP contribution in [0.1, 0.15) is 30.9 Å². The summed E-state index contributed by atoms with van der Waals surface area (Å²) in [7, 11) is 3.63. The number of hydrogen-bond donors (Lipinski definition) is 0. The minimum atomic E-state index is 0.0584. The maximum absolute atomic E-state index is 11.0. The van der Waals surface area contributed by atoms with Crippen LogP contribution < -0.4 is 5.56 Å². The second-order valence-corrected chi connectivity index (χ2v) is 5.51. The zero-order valence-corrected chi connectivity index (χ0v) is 12.6. The molecule has 1 aromatic heterocycles. The van der Waals surface area contributed by atoms with E-state index >= 15 is 0 Å². The molecule has 0 aromatic carbocycles. The van der Waals surface area contributed by atoms with E-state index < -0.39 is 0 Å². The summed E-state index contributed by atoms with van der Waals surface area (Å²) in [5.74, 6) is 1.00. The van der Waals surface area contributed by atoms with Gasteiger partial charge in [-0.15, -0.1) is 0 Å². The van der Waals surface area contributed by atoms with Crippen LogP contribution in [0, 0.1) is 19.8 Å². The van der Waals surface area contributed by atoms with E-state index in [0.717, 1.165) is 30.5 Å². The molecule has 4 nitrogen and oxygen atoms in total. The van der Waals surface area contributed by atoms with Crippen molar-refractivity contribution in [1.82, 2.24) is 9.47 Å². The summed E-state index contributed by atoms with van der Waals surface area (Å²) < 4.78 is 1.59. The first-order chi connectivity index (χ1) is 8.81. The van der Waals surface area contributed by atoms with Gasteiger partial charge in [-0.2, -0.15) is 0 Å². The molecule has 4 heteroatoms. The normalized spacial score (nSPS) is 18.9. The maximum atomic E-state index is 11.0. The molecule has 1 unspecified atom stereocenters. The SMILES string of the molecule is CC1CCC(=O)N(C)C1.Cc1cc(=O)n(C)cc1C. The van der Waals surface area contributed by atoms with Crippen molar-refractivity contribution in [2.75, 3.05) is 13.6 Å². The summed E-state index contributed by atoms with van der Waals surface area (Å²) in [5, 5.41) is 0. The second kappa shape index (κ2) is 6.55. The molecule has 2 heterocycles. The third kappa shape index (κ3) is 4.54. The van der Waals surface area contributed by atoms with Gasteiger partial charge in [0.1, 0.15) is 0 Å². The maximum Gasteiger partial charge on any atom is 0.250 e. The summed E-state index contributed by atoms with van der Waals surface area (Å²) in [5.41, 5.74) is 2.27. The van der Waals surface area contributed by atoms with Gasteiger partial charge in [-0.3, -0.25) is 9.59 Å². The molecule has 2 rings (SSSR count). The zero-order valence-electron chi connectivity index (χ0n) is 12.6. The lowest BCUT2D eigenvalue weighted by Gasteiger charge is -2.26. The summed E-state index contributed by atoms with van der Waals surface area (Å²) in [4.78, 5) is 23.6. The Kier molecular flexibility index (Phi) is 5.33. The number of carbonyl (C=O) groups excluding carboxylic acids is 1. The molecule has 1 saturated heterocycles. The predicted octanol–water partition coefficient (Wildman–Crippen LogP) is 1.88. The Morgan fingerprint density at radius 2 is 1.79 bits per heavy atom.